The monoisotopic (exact) mass is 366 g/mol. The van der Waals surface area contributed by atoms with Gasteiger partial charge in [-0.15, -0.1) is 0 Å². The summed E-state index contributed by atoms with van der Waals surface area (Å²) in [5.41, 5.74) is 1.91. The Morgan fingerprint density at radius 1 is 1.07 bits per heavy atom. The first-order chi connectivity index (χ1) is 13.1. The SMILES string of the molecule is CN1CCN(C(=O)c2nc(-c3cccnc3)c(-c3ccc(F)cc3)o2)CC1. The maximum atomic E-state index is 13.3. The predicted octanol–water partition coefficient (Wildman–Crippen LogP) is 2.93. The number of piperazine rings is 1. The smallest absolute Gasteiger partial charge is 0.309 e. The highest BCUT2D eigenvalue weighted by atomic mass is 19.1. The van der Waals surface area contributed by atoms with E-state index >= 15 is 0 Å². The van der Waals surface area contributed by atoms with E-state index in [1.54, 1.807) is 35.5 Å². The van der Waals surface area contributed by atoms with Crippen LogP contribution in [0.2, 0.25) is 0 Å². The molecule has 0 radical (unpaired) electrons. The van der Waals surface area contributed by atoms with Gasteiger partial charge in [-0.1, -0.05) is 0 Å². The topological polar surface area (TPSA) is 62.5 Å². The van der Waals surface area contributed by atoms with Crippen LogP contribution in [0, 0.1) is 5.82 Å². The van der Waals surface area contributed by atoms with Crippen molar-refractivity contribution >= 4 is 5.91 Å². The normalized spacial score (nSPS) is 15.1. The van der Waals surface area contributed by atoms with Gasteiger partial charge in [0.25, 0.3) is 5.89 Å². The van der Waals surface area contributed by atoms with Crippen molar-refractivity contribution in [2.75, 3.05) is 33.2 Å². The number of nitrogens with zero attached hydrogens (tertiary/aromatic N) is 4. The van der Waals surface area contributed by atoms with E-state index in [9.17, 15) is 9.18 Å². The van der Waals surface area contributed by atoms with Crippen LogP contribution in [-0.4, -0.2) is 58.9 Å². The number of hydrogen-bond acceptors (Lipinski definition) is 5. The van der Waals surface area contributed by atoms with Crippen LogP contribution in [0.3, 0.4) is 0 Å². The third kappa shape index (κ3) is 3.59. The first kappa shape index (κ1) is 17.4. The number of aromatic nitrogens is 2. The molecule has 27 heavy (non-hydrogen) atoms. The van der Waals surface area contributed by atoms with E-state index in [4.69, 9.17) is 4.42 Å². The Balaban J connectivity index is 1.73. The molecular formula is C20H19FN4O2. The minimum Gasteiger partial charge on any atom is -0.432 e. The molecule has 1 aliphatic heterocycles. The number of halogens is 1. The van der Waals surface area contributed by atoms with Crippen LogP contribution < -0.4 is 0 Å². The molecule has 0 aliphatic carbocycles. The zero-order valence-corrected chi connectivity index (χ0v) is 14.9. The zero-order chi connectivity index (χ0) is 18.8. The van der Waals surface area contributed by atoms with E-state index in [1.165, 1.54) is 12.1 Å². The van der Waals surface area contributed by atoms with Crippen LogP contribution in [0.5, 0.6) is 0 Å². The minimum absolute atomic E-state index is 0.0396. The number of benzene rings is 1. The van der Waals surface area contributed by atoms with Crippen molar-refractivity contribution in [2.45, 2.75) is 0 Å². The Morgan fingerprint density at radius 3 is 2.48 bits per heavy atom. The number of carbonyl (C=O) groups excluding carboxylic acids is 1. The van der Waals surface area contributed by atoms with Crippen molar-refractivity contribution in [3.63, 3.8) is 0 Å². The lowest BCUT2D eigenvalue weighted by Crippen LogP contribution is -2.47. The Morgan fingerprint density at radius 2 is 1.81 bits per heavy atom. The summed E-state index contributed by atoms with van der Waals surface area (Å²) < 4.78 is 19.2. The molecule has 2 aromatic heterocycles. The van der Waals surface area contributed by atoms with Gasteiger partial charge in [0.05, 0.1) is 0 Å². The second-order valence-electron chi connectivity index (χ2n) is 6.54. The summed E-state index contributed by atoms with van der Waals surface area (Å²) in [7, 11) is 2.03. The van der Waals surface area contributed by atoms with Crippen LogP contribution in [0.15, 0.2) is 53.2 Å². The Hall–Kier alpha value is -3.06. The maximum absolute atomic E-state index is 13.3. The fraction of sp³-hybridized carbons (Fsp3) is 0.250. The van der Waals surface area contributed by atoms with Crippen molar-refractivity contribution in [3.8, 4) is 22.6 Å². The fourth-order valence-electron chi connectivity index (χ4n) is 3.05. The number of amides is 1. The van der Waals surface area contributed by atoms with Crippen LogP contribution in [0.4, 0.5) is 4.39 Å². The Bertz CT molecular complexity index is 932. The Kier molecular flexibility index (Phi) is 4.68. The highest BCUT2D eigenvalue weighted by Crippen LogP contribution is 2.32. The summed E-state index contributed by atoms with van der Waals surface area (Å²) in [6.07, 6.45) is 3.33. The van der Waals surface area contributed by atoms with Gasteiger partial charge < -0.3 is 14.2 Å². The molecule has 138 valence electrons. The molecule has 1 saturated heterocycles. The summed E-state index contributed by atoms with van der Waals surface area (Å²) in [5, 5.41) is 0. The molecule has 0 bridgehead atoms. The second-order valence-corrected chi connectivity index (χ2v) is 6.54. The summed E-state index contributed by atoms with van der Waals surface area (Å²) in [4.78, 5) is 25.4. The number of oxazole rings is 1. The molecule has 0 unspecified atom stereocenters. The van der Waals surface area contributed by atoms with Crippen molar-refractivity contribution in [1.29, 1.82) is 0 Å². The first-order valence-corrected chi connectivity index (χ1v) is 8.77. The molecule has 0 atom stereocenters. The molecule has 6 nitrogen and oxygen atoms in total. The molecule has 3 heterocycles. The molecule has 1 amide bonds. The van der Waals surface area contributed by atoms with Gasteiger partial charge in [0.15, 0.2) is 5.76 Å². The van der Waals surface area contributed by atoms with Crippen LogP contribution in [0.25, 0.3) is 22.6 Å². The standard InChI is InChI=1S/C20H19FN4O2/c1-24-9-11-25(12-10-24)20(26)19-23-17(15-3-2-8-22-13-15)18(27-19)14-4-6-16(21)7-5-14/h2-8,13H,9-12H2,1H3. The molecule has 7 heteroatoms. The van der Waals surface area contributed by atoms with Gasteiger partial charge in [0.2, 0.25) is 0 Å². The molecule has 4 rings (SSSR count). The van der Waals surface area contributed by atoms with E-state index in [1.807, 2.05) is 13.1 Å². The lowest BCUT2D eigenvalue weighted by molar-refractivity contribution is 0.0625. The van der Waals surface area contributed by atoms with E-state index in [0.29, 0.717) is 30.1 Å². The van der Waals surface area contributed by atoms with Crippen LogP contribution in [0.1, 0.15) is 10.7 Å². The van der Waals surface area contributed by atoms with Gasteiger partial charge in [-0.2, -0.15) is 0 Å². The van der Waals surface area contributed by atoms with Gasteiger partial charge in [-0.3, -0.25) is 9.78 Å². The highest BCUT2D eigenvalue weighted by Gasteiger charge is 2.27. The molecule has 0 N–H and O–H groups in total. The molecular weight excluding hydrogens is 347 g/mol. The quantitative estimate of drug-likeness (QED) is 0.713. The lowest BCUT2D eigenvalue weighted by atomic mass is 10.1. The van der Waals surface area contributed by atoms with Gasteiger partial charge in [0, 0.05) is 49.7 Å². The highest BCUT2D eigenvalue weighted by molar-refractivity contribution is 5.92. The molecule has 1 fully saturated rings. The van der Waals surface area contributed by atoms with E-state index in [2.05, 4.69) is 14.9 Å². The third-order valence-electron chi connectivity index (χ3n) is 4.64. The number of rotatable bonds is 3. The van der Waals surface area contributed by atoms with Crippen LogP contribution >= 0.6 is 0 Å². The molecule has 1 aromatic carbocycles. The summed E-state index contributed by atoms with van der Waals surface area (Å²) in [5.74, 6) is -0.102. The van der Waals surface area contributed by atoms with Crippen molar-refractivity contribution in [3.05, 3.63) is 60.5 Å². The number of hydrogen-bond donors (Lipinski definition) is 0. The fourth-order valence-corrected chi connectivity index (χ4v) is 3.05. The largest absolute Gasteiger partial charge is 0.432 e. The Labute approximate surface area is 156 Å². The van der Waals surface area contributed by atoms with E-state index < -0.39 is 0 Å². The first-order valence-electron chi connectivity index (χ1n) is 8.77. The molecule has 3 aromatic rings. The maximum Gasteiger partial charge on any atom is 0.309 e. The van der Waals surface area contributed by atoms with E-state index in [0.717, 1.165) is 18.7 Å². The van der Waals surface area contributed by atoms with Crippen molar-refractivity contribution in [2.24, 2.45) is 0 Å². The molecule has 0 spiro atoms. The number of carbonyl (C=O) groups is 1. The second kappa shape index (κ2) is 7.28. The lowest BCUT2D eigenvalue weighted by Gasteiger charge is -2.31. The third-order valence-corrected chi connectivity index (χ3v) is 4.64. The zero-order valence-electron chi connectivity index (χ0n) is 14.9. The van der Waals surface area contributed by atoms with Gasteiger partial charge in [-0.05, 0) is 43.4 Å². The van der Waals surface area contributed by atoms with Crippen molar-refractivity contribution in [1.82, 2.24) is 19.8 Å². The van der Waals surface area contributed by atoms with Gasteiger partial charge in [0.1, 0.15) is 11.5 Å². The number of pyridine rings is 1. The number of likely N-dealkylation sites (N-methyl/N-ethyl adjacent to an activating group) is 1. The summed E-state index contributed by atoms with van der Waals surface area (Å²) >= 11 is 0. The van der Waals surface area contributed by atoms with Gasteiger partial charge in [-0.25, -0.2) is 9.37 Å². The molecule has 1 aliphatic rings. The summed E-state index contributed by atoms with van der Waals surface area (Å²) in [6.45, 7) is 2.89. The molecule has 0 saturated carbocycles. The van der Waals surface area contributed by atoms with E-state index in [-0.39, 0.29) is 17.6 Å². The summed E-state index contributed by atoms with van der Waals surface area (Å²) in [6, 6.07) is 9.57. The average Bonchev–Trinajstić information content (AvgIpc) is 3.15. The minimum atomic E-state index is -0.338. The van der Waals surface area contributed by atoms with Gasteiger partial charge >= 0.3 is 5.91 Å². The predicted molar refractivity (Wildman–Crippen MR) is 98.5 cm³/mol. The van der Waals surface area contributed by atoms with Crippen LogP contribution in [-0.2, 0) is 0 Å². The average molecular weight is 366 g/mol. The van der Waals surface area contributed by atoms with Crippen molar-refractivity contribution < 1.29 is 13.6 Å².